The number of cyclic esters (lactones) is 1. The average Bonchev–Trinajstić information content (AvgIpc) is 0.803. The van der Waals surface area contributed by atoms with Crippen molar-refractivity contribution in [2.75, 3.05) is 42.7 Å². The molecule has 1 aliphatic heterocycles. The second-order valence-corrected chi connectivity index (χ2v) is 40.0. The number of carboxylic acids is 1. The minimum Gasteiger partial charge on any atom is -0.481 e. The van der Waals surface area contributed by atoms with Crippen LogP contribution in [-0.2, 0) is 64.1 Å². The number of allylic oxidation sites excluding steroid dienone is 1. The number of aliphatic carboxylic acids is 1. The number of hydrogen-bond acceptors (Lipinski definition) is 14. The molecule has 0 spiro atoms. The normalized spacial score (nSPS) is 13.8. The number of esters is 1. The number of aliphatic hydroxyl groups excluding tert-OH is 1. The number of nitrogens with zero attached hydrogens (tertiary/aromatic N) is 1. The molecule has 3 N–H and O–H groups in total. The summed E-state index contributed by atoms with van der Waals surface area (Å²) in [5.41, 5.74) is -4.42. The number of sulfonamides is 1. The summed E-state index contributed by atoms with van der Waals surface area (Å²) in [5.74, 6) is -1.23. The van der Waals surface area contributed by atoms with Gasteiger partial charge in [-0.1, -0.05) is 387 Å². The van der Waals surface area contributed by atoms with E-state index in [9.17, 15) is 41.1 Å². The topological polar surface area (TPSA) is 206 Å². The summed E-state index contributed by atoms with van der Waals surface area (Å²) < 4.78 is 100. The fourth-order valence-corrected chi connectivity index (χ4v) is 14.6. The zero-order valence-electron chi connectivity index (χ0n) is 76.1. The molecule has 1 aromatic rings. The molecule has 720 valence electrons. The van der Waals surface area contributed by atoms with E-state index in [4.69, 9.17) is 38.3 Å². The van der Waals surface area contributed by atoms with Crippen molar-refractivity contribution in [1.82, 2.24) is 9.62 Å². The molecule has 0 aromatic heterocycles. The summed E-state index contributed by atoms with van der Waals surface area (Å²) in [6.45, 7) is 35.2. The molecule has 1 heterocycles. The Bertz CT molecular complexity index is 2300. The third-order valence-corrected chi connectivity index (χ3v) is 23.1. The first-order chi connectivity index (χ1) is 53.8. The fraction of sp³-hybridized carbons (Fsp3) is 0.867. The maximum absolute atomic E-state index is 12.8. The van der Waals surface area contributed by atoms with Crippen molar-refractivity contribution >= 4 is 36.3 Å². The summed E-state index contributed by atoms with van der Waals surface area (Å²) in [6, 6.07) is 10.4. The standard InChI is InChI=1S/C17H27F3N2O2S.C15H30O4.C15H28O3.C14H28O.C13H26O2.C12H26O2.C6H14Si.6CH4/c1-12(2)14(5)22(11-15-9-7-6-8-10-15)16(13(3)4)21-25(23,24)17(18,19)20;1-3-4-5-6-7-8-9-10-14(19-2)11-13(16)12-15(17)18;1-3-4-5-6-7-8-9-10-13(17-2)11-14-12-15(16)18-14;1-4-6-7-8-9-10-11-13-14(15-3)12-5-2;1-3-4-5-6-7-8-9-10-13(15-2)11-12-14;1-4-5-6-7-8-9-10-11-12(13-2)14-3;1-5-6-7(2,3)4;;;;;;/h6-10,12-14,16,21H,11H2,1-5H3;13-14,16H,3-12H2,1-2H3,(H,17,18);13-14H,3-12H2,1-2H3;5,14H,2,4,6-13H2,1,3H3;12-13H,3-11H2,1-2H3;12H,4-11H2,1-3H3;5H,1,6H2,2-4H3;6*1H4/t14-,16+;13-,14?;13?,14-;;;;;;;;;;/m111........../s1. The predicted octanol–water partition coefficient (Wildman–Crippen LogP) is 29.7. The number of halogens is 3. The van der Waals surface area contributed by atoms with E-state index < -0.39 is 41.8 Å². The van der Waals surface area contributed by atoms with Gasteiger partial charge in [-0.25, -0.2) is 8.42 Å². The highest BCUT2D eigenvalue weighted by Crippen LogP contribution is 2.28. The van der Waals surface area contributed by atoms with Crippen molar-refractivity contribution in [2.45, 2.75) is 502 Å². The smallest absolute Gasteiger partial charge is 0.481 e. The Morgan fingerprint density at radius 3 is 1.15 bits per heavy atom. The van der Waals surface area contributed by atoms with Crippen LogP contribution in [0.4, 0.5) is 13.2 Å². The number of aliphatic hydroxyl groups is 1. The number of nitrogens with one attached hydrogen (secondary N) is 1. The largest absolute Gasteiger partial charge is 0.511 e. The summed E-state index contributed by atoms with van der Waals surface area (Å²) in [4.78, 5) is 33.3. The van der Waals surface area contributed by atoms with Gasteiger partial charge in [0, 0.05) is 82.6 Å². The zero-order valence-corrected chi connectivity index (χ0v) is 77.9. The first kappa shape index (κ1) is 139. The van der Waals surface area contributed by atoms with Crippen LogP contribution in [0.2, 0.25) is 25.7 Å². The Kier molecular flexibility index (Phi) is 113. The van der Waals surface area contributed by atoms with Crippen LogP contribution in [0.25, 0.3) is 0 Å². The molecule has 0 radical (unpaired) electrons. The van der Waals surface area contributed by atoms with Crippen LogP contribution in [0.3, 0.4) is 0 Å². The molecule has 1 saturated heterocycles. The number of rotatable bonds is 66. The van der Waals surface area contributed by atoms with E-state index in [2.05, 4.69) is 67.4 Å². The highest BCUT2D eigenvalue weighted by atomic mass is 32.2. The van der Waals surface area contributed by atoms with Crippen LogP contribution in [-0.4, -0.2) is 153 Å². The van der Waals surface area contributed by atoms with Crippen molar-refractivity contribution in [3.05, 3.63) is 61.2 Å². The summed E-state index contributed by atoms with van der Waals surface area (Å²) in [6.07, 6.45) is 58.8. The molecule has 16 nitrogen and oxygen atoms in total. The number of aldehydes is 1. The summed E-state index contributed by atoms with van der Waals surface area (Å²) >= 11 is 0. The van der Waals surface area contributed by atoms with Crippen molar-refractivity contribution < 1.29 is 79.3 Å². The number of carboxylic acid groups (broad SMARTS) is 1. The molecule has 1 aromatic carbocycles. The average molecular weight is 1750 g/mol. The lowest BCUT2D eigenvalue weighted by Gasteiger charge is -2.40. The first-order valence-corrected chi connectivity index (χ1v) is 49.8. The molecule has 8 atom stereocenters. The second kappa shape index (κ2) is 97.1. The van der Waals surface area contributed by atoms with Crippen molar-refractivity contribution in [3.8, 4) is 0 Å². The van der Waals surface area contributed by atoms with Crippen LogP contribution >= 0.6 is 0 Å². The molecular formula is C98H203F3N2O14SSi. The minimum absolute atomic E-state index is 0. The van der Waals surface area contributed by atoms with Crippen molar-refractivity contribution in [2.24, 2.45) is 11.8 Å². The summed E-state index contributed by atoms with van der Waals surface area (Å²) in [7, 11) is 4.07. The zero-order chi connectivity index (χ0) is 86.4. The highest BCUT2D eigenvalue weighted by Gasteiger charge is 2.48. The lowest BCUT2D eigenvalue weighted by Crippen LogP contribution is -2.57. The fourth-order valence-electron chi connectivity index (χ4n) is 12.8. The Morgan fingerprint density at radius 2 is 0.874 bits per heavy atom. The van der Waals surface area contributed by atoms with Crippen molar-refractivity contribution in [3.63, 3.8) is 0 Å². The van der Waals surface area contributed by atoms with E-state index in [0.29, 0.717) is 31.9 Å². The number of alkyl halides is 3. The maximum Gasteiger partial charge on any atom is 0.511 e. The third kappa shape index (κ3) is 92.4. The Hall–Kier alpha value is -3.09. The van der Waals surface area contributed by atoms with Gasteiger partial charge in [0.2, 0.25) is 0 Å². The van der Waals surface area contributed by atoms with Gasteiger partial charge in [0.15, 0.2) is 6.29 Å². The number of ether oxygens (including phenoxy) is 7. The number of unbranched alkanes of at least 4 members (excludes halogenated alkanes) is 30. The Morgan fingerprint density at radius 1 is 0.538 bits per heavy atom. The minimum atomic E-state index is -5.43. The van der Waals surface area contributed by atoms with E-state index in [1.165, 1.54) is 231 Å². The van der Waals surface area contributed by atoms with Gasteiger partial charge in [-0.2, -0.15) is 17.9 Å². The molecule has 4 unspecified atom stereocenters. The first-order valence-electron chi connectivity index (χ1n) is 44.6. The van der Waals surface area contributed by atoms with E-state index in [1.54, 1.807) is 61.4 Å². The number of benzene rings is 1. The molecule has 0 saturated carbocycles. The van der Waals surface area contributed by atoms with Gasteiger partial charge in [-0.3, -0.25) is 14.5 Å². The van der Waals surface area contributed by atoms with E-state index in [-0.39, 0.29) is 106 Å². The number of methoxy groups -OCH3 is 6. The molecular weight excluding hydrogens is 1550 g/mol. The Balaban J connectivity index is -0.000000128. The second-order valence-electron chi connectivity index (χ2n) is 32.8. The molecule has 21 heteroatoms. The van der Waals surface area contributed by atoms with Crippen LogP contribution in [0.1, 0.15) is 415 Å². The van der Waals surface area contributed by atoms with E-state index in [1.807, 2.05) is 68.0 Å². The lowest BCUT2D eigenvalue weighted by molar-refractivity contribution is -0.172. The van der Waals surface area contributed by atoms with Gasteiger partial charge < -0.3 is 48.2 Å². The maximum atomic E-state index is 12.8. The SMILES string of the molecule is C.C.C.C.C.C.C=CCC(CCCCCCCCC)OC.C=CC[Si](C)(C)C.CC(C)[C@@H](C)N(Cc1ccccc1)[C@H](NS(=O)(=O)C(F)(F)F)C(C)C.CCCCCCCCCC(CC=O)OC.CCCCCCCCCC(C[C@@H](O)CC(=O)O)OC.CCCCCCCCCC(C[C@@H]1CC(=O)O1)OC.CCCCCCCCCC(OC)OC. The molecule has 0 amide bonds. The lowest BCUT2D eigenvalue weighted by atomic mass is 10.00. The molecule has 0 aliphatic carbocycles. The molecule has 2 rings (SSSR count). The van der Waals surface area contributed by atoms with Gasteiger partial charge >= 0.3 is 27.5 Å². The number of hydrogen-bond donors (Lipinski definition) is 3. The van der Waals surface area contributed by atoms with Gasteiger partial charge in [0.1, 0.15) is 12.4 Å². The van der Waals surface area contributed by atoms with Crippen LogP contribution in [0.5, 0.6) is 0 Å². The Labute approximate surface area is 739 Å². The number of carbonyl (C=O) groups is 3. The van der Waals surface area contributed by atoms with Gasteiger partial charge in [0.05, 0.1) is 49.5 Å². The van der Waals surface area contributed by atoms with Gasteiger partial charge in [-0.15, -0.1) is 13.2 Å². The van der Waals surface area contributed by atoms with E-state index in [0.717, 1.165) is 56.8 Å². The highest BCUT2D eigenvalue weighted by molar-refractivity contribution is 7.90. The van der Waals surface area contributed by atoms with Crippen LogP contribution < -0.4 is 4.72 Å². The summed E-state index contributed by atoms with van der Waals surface area (Å²) in [5, 5.41) is 18.1. The molecule has 0 bridgehead atoms. The van der Waals surface area contributed by atoms with E-state index >= 15 is 0 Å². The van der Waals surface area contributed by atoms with Crippen LogP contribution in [0, 0.1) is 11.8 Å². The number of carbonyl (C=O) groups excluding carboxylic acids is 2. The molecule has 1 aliphatic rings. The van der Waals surface area contributed by atoms with Gasteiger partial charge in [-0.05, 0) is 75.3 Å². The third-order valence-electron chi connectivity index (χ3n) is 20.4. The van der Waals surface area contributed by atoms with Crippen LogP contribution in [0.15, 0.2) is 55.6 Å². The monoisotopic (exact) mass is 1750 g/mol. The quantitative estimate of drug-likeness (QED) is 0.0139. The van der Waals surface area contributed by atoms with Crippen molar-refractivity contribution in [1.29, 1.82) is 0 Å². The predicted molar refractivity (Wildman–Crippen MR) is 513 cm³/mol. The van der Waals surface area contributed by atoms with Gasteiger partial charge in [0.25, 0.3) is 0 Å². The molecule has 1 fully saturated rings. The molecule has 119 heavy (non-hydrogen) atoms.